The number of sulfonamides is 1. The van der Waals surface area contributed by atoms with Gasteiger partial charge in [-0.3, -0.25) is 13.9 Å². The summed E-state index contributed by atoms with van der Waals surface area (Å²) in [5.41, 5.74) is 1.83. The molecule has 220 valence electrons. The van der Waals surface area contributed by atoms with Crippen LogP contribution in [0.1, 0.15) is 45.2 Å². The van der Waals surface area contributed by atoms with Gasteiger partial charge in [-0.25, -0.2) is 8.42 Å². The minimum absolute atomic E-state index is 0.0278. The van der Waals surface area contributed by atoms with E-state index in [4.69, 9.17) is 4.74 Å². The minimum Gasteiger partial charge on any atom is -0.497 e. The highest BCUT2D eigenvalue weighted by atomic mass is 32.2. The Hall–Kier alpha value is -3.85. The van der Waals surface area contributed by atoms with Crippen molar-refractivity contribution in [1.29, 1.82) is 0 Å². The van der Waals surface area contributed by atoms with Gasteiger partial charge >= 0.3 is 0 Å². The fourth-order valence-electron chi connectivity index (χ4n) is 4.46. The molecule has 0 spiro atoms. The monoisotopic (exact) mass is 579 g/mol. The van der Waals surface area contributed by atoms with E-state index in [9.17, 15) is 18.0 Å². The van der Waals surface area contributed by atoms with E-state index in [-0.39, 0.29) is 17.3 Å². The summed E-state index contributed by atoms with van der Waals surface area (Å²) in [4.78, 5) is 29.0. The molecule has 1 unspecified atom stereocenters. The van der Waals surface area contributed by atoms with E-state index >= 15 is 0 Å². The molecule has 0 aliphatic rings. The standard InChI is InChI=1S/C32H41N3O5S/c1-7-29(31(37)33-32(3,4)5)34(22-21-25-11-9-8-10-12-25)30(36)23-35(26-15-13-24(2)14-16-26)41(38,39)28-19-17-27(40-6)18-20-28/h8-20,29H,7,21-23H2,1-6H3,(H,33,37). The molecule has 0 aliphatic heterocycles. The predicted molar refractivity (Wildman–Crippen MR) is 163 cm³/mol. The van der Waals surface area contributed by atoms with Crippen LogP contribution in [0.3, 0.4) is 0 Å². The predicted octanol–water partition coefficient (Wildman–Crippen LogP) is 4.96. The number of aryl methyl sites for hydroxylation is 1. The molecular weight excluding hydrogens is 538 g/mol. The Balaban J connectivity index is 2.01. The van der Waals surface area contributed by atoms with Gasteiger partial charge in [0.2, 0.25) is 11.8 Å². The lowest BCUT2D eigenvalue weighted by Gasteiger charge is -2.34. The average Bonchev–Trinajstić information content (AvgIpc) is 2.94. The van der Waals surface area contributed by atoms with Crippen LogP contribution in [0.4, 0.5) is 5.69 Å². The van der Waals surface area contributed by atoms with Gasteiger partial charge in [0.25, 0.3) is 10.0 Å². The molecule has 0 bridgehead atoms. The maximum Gasteiger partial charge on any atom is 0.264 e. The summed E-state index contributed by atoms with van der Waals surface area (Å²) in [6.07, 6.45) is 0.889. The van der Waals surface area contributed by atoms with Crippen LogP contribution in [-0.2, 0) is 26.0 Å². The number of ether oxygens (including phenoxy) is 1. The van der Waals surface area contributed by atoms with Gasteiger partial charge in [-0.1, -0.05) is 55.0 Å². The molecule has 3 aromatic carbocycles. The largest absolute Gasteiger partial charge is 0.497 e. The molecule has 0 saturated carbocycles. The van der Waals surface area contributed by atoms with E-state index in [0.29, 0.717) is 24.3 Å². The van der Waals surface area contributed by atoms with Crippen molar-refractivity contribution in [2.75, 3.05) is 24.5 Å². The van der Waals surface area contributed by atoms with Crippen molar-refractivity contribution in [3.05, 3.63) is 90.0 Å². The third kappa shape index (κ3) is 8.57. The number of nitrogens with one attached hydrogen (secondary N) is 1. The molecule has 8 nitrogen and oxygen atoms in total. The van der Waals surface area contributed by atoms with E-state index in [1.165, 1.54) is 24.1 Å². The third-order valence-corrected chi connectivity index (χ3v) is 8.40. The van der Waals surface area contributed by atoms with Crippen LogP contribution in [-0.4, -0.2) is 56.9 Å². The van der Waals surface area contributed by atoms with Crippen molar-refractivity contribution < 1.29 is 22.7 Å². The molecule has 0 radical (unpaired) electrons. The zero-order valence-electron chi connectivity index (χ0n) is 24.8. The summed E-state index contributed by atoms with van der Waals surface area (Å²) in [6, 6.07) is 21.9. The molecule has 0 heterocycles. The van der Waals surface area contributed by atoms with Gasteiger partial charge in [-0.2, -0.15) is 0 Å². The first-order chi connectivity index (χ1) is 19.4. The SMILES string of the molecule is CCC(C(=O)NC(C)(C)C)N(CCc1ccccc1)C(=O)CN(c1ccc(C)cc1)S(=O)(=O)c1ccc(OC)cc1. The Labute approximate surface area is 244 Å². The number of hydrogen-bond acceptors (Lipinski definition) is 5. The summed E-state index contributed by atoms with van der Waals surface area (Å²) < 4.78 is 34.2. The smallest absolute Gasteiger partial charge is 0.264 e. The second-order valence-corrected chi connectivity index (χ2v) is 12.9. The molecule has 3 rings (SSSR count). The molecular formula is C32H41N3O5S. The Morgan fingerprint density at radius 3 is 2.07 bits per heavy atom. The average molecular weight is 580 g/mol. The zero-order valence-corrected chi connectivity index (χ0v) is 25.6. The van der Waals surface area contributed by atoms with Crippen molar-refractivity contribution in [3.8, 4) is 5.75 Å². The van der Waals surface area contributed by atoms with E-state index in [2.05, 4.69) is 5.32 Å². The third-order valence-electron chi connectivity index (χ3n) is 6.62. The van der Waals surface area contributed by atoms with Crippen LogP contribution in [0.15, 0.2) is 83.8 Å². The van der Waals surface area contributed by atoms with Gasteiger partial charge in [0.15, 0.2) is 0 Å². The number of carbonyl (C=O) groups is 2. The lowest BCUT2D eigenvalue weighted by molar-refractivity contribution is -0.140. The first-order valence-corrected chi connectivity index (χ1v) is 15.2. The molecule has 3 aromatic rings. The molecule has 0 fully saturated rings. The molecule has 0 saturated heterocycles. The number of amides is 2. The summed E-state index contributed by atoms with van der Waals surface area (Å²) >= 11 is 0. The first-order valence-electron chi connectivity index (χ1n) is 13.7. The van der Waals surface area contributed by atoms with Crippen molar-refractivity contribution >= 4 is 27.5 Å². The highest BCUT2D eigenvalue weighted by Gasteiger charge is 2.34. The van der Waals surface area contributed by atoms with Gasteiger partial charge in [-0.05, 0) is 82.5 Å². The highest BCUT2D eigenvalue weighted by molar-refractivity contribution is 7.92. The summed E-state index contributed by atoms with van der Waals surface area (Å²) in [6.45, 7) is 9.19. The maximum absolute atomic E-state index is 14.1. The summed E-state index contributed by atoms with van der Waals surface area (Å²) in [5, 5.41) is 2.99. The van der Waals surface area contributed by atoms with Crippen molar-refractivity contribution in [2.45, 2.75) is 63.9 Å². The first kappa shape index (κ1) is 31.7. The van der Waals surface area contributed by atoms with Gasteiger partial charge in [0.05, 0.1) is 17.7 Å². The van der Waals surface area contributed by atoms with Gasteiger partial charge in [0, 0.05) is 12.1 Å². The topological polar surface area (TPSA) is 96.0 Å². The number of nitrogens with zero attached hydrogens (tertiary/aromatic N) is 2. The van der Waals surface area contributed by atoms with Crippen molar-refractivity contribution in [3.63, 3.8) is 0 Å². The second-order valence-electron chi connectivity index (χ2n) is 11.0. The van der Waals surface area contributed by atoms with Gasteiger partial charge in [0.1, 0.15) is 18.3 Å². The van der Waals surface area contributed by atoms with E-state index < -0.39 is 34.1 Å². The fourth-order valence-corrected chi connectivity index (χ4v) is 5.88. The molecule has 41 heavy (non-hydrogen) atoms. The Morgan fingerprint density at radius 2 is 1.54 bits per heavy atom. The second kappa shape index (κ2) is 13.7. The lowest BCUT2D eigenvalue weighted by atomic mass is 10.1. The quantitative estimate of drug-likeness (QED) is 0.327. The summed E-state index contributed by atoms with van der Waals surface area (Å²) in [7, 11) is -2.63. The molecule has 0 aromatic heterocycles. The van der Waals surface area contributed by atoms with Gasteiger partial charge in [-0.15, -0.1) is 0 Å². The normalized spacial score (nSPS) is 12.3. The van der Waals surface area contributed by atoms with Crippen LogP contribution < -0.4 is 14.4 Å². The Bertz CT molecular complexity index is 1400. The van der Waals surface area contributed by atoms with E-state index in [1.54, 1.807) is 36.4 Å². The molecule has 2 amide bonds. The van der Waals surface area contributed by atoms with Crippen LogP contribution in [0.25, 0.3) is 0 Å². The number of benzene rings is 3. The lowest BCUT2D eigenvalue weighted by Crippen LogP contribution is -2.56. The molecule has 1 atom stereocenters. The van der Waals surface area contributed by atoms with Crippen molar-refractivity contribution in [1.82, 2.24) is 10.2 Å². The van der Waals surface area contributed by atoms with Crippen molar-refractivity contribution in [2.24, 2.45) is 0 Å². The zero-order chi connectivity index (χ0) is 30.2. The summed E-state index contributed by atoms with van der Waals surface area (Å²) in [5.74, 6) is -0.222. The minimum atomic E-state index is -4.14. The Morgan fingerprint density at radius 1 is 0.927 bits per heavy atom. The van der Waals surface area contributed by atoms with Gasteiger partial charge < -0.3 is 15.0 Å². The fraction of sp³-hybridized carbons (Fsp3) is 0.375. The Kier molecular flexibility index (Phi) is 10.6. The number of methoxy groups -OCH3 is 1. The number of rotatable bonds is 12. The maximum atomic E-state index is 14.1. The highest BCUT2D eigenvalue weighted by Crippen LogP contribution is 2.26. The number of hydrogen-bond donors (Lipinski definition) is 1. The van der Waals surface area contributed by atoms with Crippen LogP contribution in [0, 0.1) is 6.92 Å². The number of carbonyl (C=O) groups excluding carboxylic acids is 2. The molecule has 9 heteroatoms. The molecule has 0 aliphatic carbocycles. The number of anilines is 1. The van der Waals surface area contributed by atoms with Crippen LogP contribution in [0.2, 0.25) is 0 Å². The van der Waals surface area contributed by atoms with E-state index in [0.717, 1.165) is 15.4 Å². The van der Waals surface area contributed by atoms with Crippen LogP contribution in [0.5, 0.6) is 5.75 Å². The van der Waals surface area contributed by atoms with Crippen LogP contribution >= 0.6 is 0 Å². The van der Waals surface area contributed by atoms with E-state index in [1.807, 2.05) is 65.0 Å². The molecule has 1 N–H and O–H groups in total.